The summed E-state index contributed by atoms with van der Waals surface area (Å²) in [4.78, 5) is 39.9. The van der Waals surface area contributed by atoms with E-state index in [1.54, 1.807) is 63.1 Å². The van der Waals surface area contributed by atoms with Crippen molar-refractivity contribution in [1.29, 1.82) is 5.26 Å². The van der Waals surface area contributed by atoms with Crippen molar-refractivity contribution in [2.24, 2.45) is 24.8 Å². The highest BCUT2D eigenvalue weighted by Gasteiger charge is 2.67. The third kappa shape index (κ3) is 4.43. The van der Waals surface area contributed by atoms with Crippen LogP contribution in [0.15, 0.2) is 45.6 Å². The van der Waals surface area contributed by atoms with Crippen molar-refractivity contribution in [3.05, 3.63) is 58.3 Å². The van der Waals surface area contributed by atoms with E-state index in [2.05, 4.69) is 11.4 Å². The van der Waals surface area contributed by atoms with E-state index in [1.165, 1.54) is 10.6 Å². The Hall–Kier alpha value is -4.13. The highest BCUT2D eigenvalue weighted by atomic mass is 19.1. The van der Waals surface area contributed by atoms with Crippen molar-refractivity contribution in [2.45, 2.75) is 63.8 Å². The molecule has 2 aliphatic carbocycles. The van der Waals surface area contributed by atoms with Crippen molar-refractivity contribution >= 4 is 23.1 Å². The number of carbonyl (C=O) groups is 2. The number of rotatable bonds is 5. The van der Waals surface area contributed by atoms with Gasteiger partial charge in [0.1, 0.15) is 23.5 Å². The molecule has 2 heterocycles. The molecule has 3 aromatic rings. The van der Waals surface area contributed by atoms with Gasteiger partial charge < -0.3 is 14.5 Å². The van der Waals surface area contributed by atoms with Crippen molar-refractivity contribution in [1.82, 2.24) is 14.8 Å². The molecule has 6 atom stereocenters. The summed E-state index contributed by atoms with van der Waals surface area (Å²) in [5.41, 5.74) is 1.94. The number of hydrogen-bond acceptors (Lipinski definition) is 6. The van der Waals surface area contributed by atoms with Gasteiger partial charge in [-0.3, -0.25) is 14.3 Å². The van der Waals surface area contributed by atoms with E-state index in [0.717, 1.165) is 12.8 Å². The van der Waals surface area contributed by atoms with E-state index in [9.17, 15) is 19.6 Å². The number of fused-ring (bicyclic) bond motifs is 6. The molecule has 6 rings (SSSR count). The molecular weight excluding hydrogens is 515 g/mol. The number of nitrogens with one attached hydrogen (secondary N) is 1. The molecule has 2 saturated carbocycles. The number of oxazole rings is 1. The number of nitriles is 1. The van der Waals surface area contributed by atoms with Crippen LogP contribution in [0.25, 0.3) is 22.2 Å². The van der Waals surface area contributed by atoms with Crippen molar-refractivity contribution in [3.63, 3.8) is 0 Å². The first-order chi connectivity index (χ1) is 18.9. The summed E-state index contributed by atoms with van der Waals surface area (Å²) in [7, 11) is 1.60. The van der Waals surface area contributed by atoms with Crippen LogP contribution in [0.3, 0.4) is 0 Å². The predicted octanol–water partition coefficient (Wildman–Crippen LogP) is 4.13. The minimum atomic E-state index is -0.973. The number of likely N-dealkylation sites (tertiary alicyclic amines) is 1. The zero-order chi connectivity index (χ0) is 28.5. The lowest BCUT2D eigenvalue weighted by Crippen LogP contribution is -2.56. The Morgan fingerprint density at radius 3 is 2.58 bits per heavy atom. The molecule has 3 aliphatic rings. The summed E-state index contributed by atoms with van der Waals surface area (Å²) in [6.45, 7) is 5.37. The number of aromatic nitrogens is 1. The topological polar surface area (TPSA) is 118 Å². The van der Waals surface area contributed by atoms with Gasteiger partial charge in [0.05, 0.1) is 11.6 Å². The van der Waals surface area contributed by atoms with E-state index in [1.807, 2.05) is 0 Å². The number of halogens is 1. The second kappa shape index (κ2) is 9.22. The first-order valence-electron chi connectivity index (χ1n) is 13.5. The molecule has 1 saturated heterocycles. The van der Waals surface area contributed by atoms with Crippen LogP contribution < -0.4 is 11.1 Å². The molecule has 2 aromatic carbocycles. The van der Waals surface area contributed by atoms with Crippen molar-refractivity contribution in [3.8, 4) is 17.2 Å². The molecule has 10 heteroatoms. The second-order valence-corrected chi connectivity index (χ2v) is 12.2. The molecule has 9 nitrogen and oxygen atoms in total. The second-order valence-electron chi connectivity index (χ2n) is 12.2. The number of ether oxygens (including phenoxy) is 1. The average molecular weight is 547 g/mol. The third-order valence-electron chi connectivity index (χ3n) is 8.46. The molecule has 0 unspecified atom stereocenters. The lowest BCUT2D eigenvalue weighted by Gasteiger charge is -2.35. The molecule has 1 N–H and O–H groups in total. The van der Waals surface area contributed by atoms with Gasteiger partial charge in [0, 0.05) is 19.5 Å². The molecule has 2 amide bonds. The van der Waals surface area contributed by atoms with Gasteiger partial charge in [-0.1, -0.05) is 18.2 Å². The lowest BCUT2D eigenvalue weighted by molar-refractivity contribution is -0.128. The monoisotopic (exact) mass is 546 g/mol. The van der Waals surface area contributed by atoms with Crippen molar-refractivity contribution < 1.29 is 23.1 Å². The Morgan fingerprint density at radius 2 is 1.88 bits per heavy atom. The van der Waals surface area contributed by atoms with E-state index in [-0.39, 0.29) is 23.9 Å². The largest absolute Gasteiger partial charge is 0.444 e. The number of amides is 2. The Labute approximate surface area is 230 Å². The van der Waals surface area contributed by atoms with E-state index >= 15 is 4.39 Å². The van der Waals surface area contributed by atoms with E-state index in [0.29, 0.717) is 34.1 Å². The summed E-state index contributed by atoms with van der Waals surface area (Å²) in [5.74, 6) is -0.496. The third-order valence-corrected chi connectivity index (χ3v) is 8.46. The summed E-state index contributed by atoms with van der Waals surface area (Å²) in [6.07, 6.45) is 1.23. The van der Waals surface area contributed by atoms with Crippen LogP contribution >= 0.6 is 0 Å². The number of benzene rings is 2. The normalized spacial score (nSPS) is 25.4. The molecule has 3 fully saturated rings. The highest BCUT2D eigenvalue weighted by molar-refractivity contribution is 5.88. The highest BCUT2D eigenvalue weighted by Crippen LogP contribution is 2.63. The minimum absolute atomic E-state index is 0.0187. The summed E-state index contributed by atoms with van der Waals surface area (Å²) in [5, 5.41) is 12.6. The Morgan fingerprint density at radius 1 is 1.15 bits per heavy atom. The number of piperidine rings is 1. The number of carbonyl (C=O) groups excluding carboxylic acids is 2. The molecule has 1 aliphatic heterocycles. The average Bonchev–Trinajstić information content (AvgIpc) is 3.39. The lowest BCUT2D eigenvalue weighted by atomic mass is 9.95. The number of nitrogens with zero attached hydrogens (tertiary/aromatic N) is 3. The van der Waals surface area contributed by atoms with Gasteiger partial charge in [0.25, 0.3) is 0 Å². The number of hydrogen-bond donors (Lipinski definition) is 1. The van der Waals surface area contributed by atoms with Crippen LogP contribution in [-0.2, 0) is 23.0 Å². The van der Waals surface area contributed by atoms with E-state index < -0.39 is 41.3 Å². The van der Waals surface area contributed by atoms with Crippen molar-refractivity contribution in [2.75, 3.05) is 0 Å². The van der Waals surface area contributed by atoms with Gasteiger partial charge in [0.15, 0.2) is 5.58 Å². The molecule has 208 valence electrons. The maximum Gasteiger partial charge on any atom is 0.419 e. The van der Waals surface area contributed by atoms with Gasteiger partial charge in [0.2, 0.25) is 5.91 Å². The quantitative estimate of drug-likeness (QED) is 0.514. The van der Waals surface area contributed by atoms with Gasteiger partial charge in [-0.15, -0.1) is 0 Å². The molecule has 2 bridgehead atoms. The van der Waals surface area contributed by atoms with Crippen LogP contribution in [0.4, 0.5) is 9.18 Å². The Bertz CT molecular complexity index is 1630. The van der Waals surface area contributed by atoms with Crippen LogP contribution in [-0.4, -0.2) is 45.2 Å². The molecule has 40 heavy (non-hydrogen) atoms. The van der Waals surface area contributed by atoms with E-state index in [4.69, 9.17) is 9.15 Å². The van der Waals surface area contributed by atoms with Crippen LogP contribution in [0, 0.1) is 34.9 Å². The summed E-state index contributed by atoms with van der Waals surface area (Å²) < 4.78 is 27.4. The standard InChI is InChI=1S/C30H31FN4O5/c1-30(2,3)40-29(38)35-23-13-21(19-12-20(19)23)26(35)27(36)33-18(14-32)9-17-6-5-15(10-22(17)31)16-7-8-25-24(11-16)34(4)28(37)39-25/h5-8,10-11,18-21,23,26H,9,12-13H2,1-4H3,(H,33,36)/t18-,19+,20-,21+,23-,26-/m0/s1. The smallest absolute Gasteiger partial charge is 0.419 e. The first-order valence-corrected chi connectivity index (χ1v) is 13.5. The van der Waals surface area contributed by atoms with Gasteiger partial charge in [-0.2, -0.15) is 5.26 Å². The summed E-state index contributed by atoms with van der Waals surface area (Å²) >= 11 is 0. The van der Waals surface area contributed by atoms with Crippen LogP contribution in [0.2, 0.25) is 0 Å². The zero-order valence-corrected chi connectivity index (χ0v) is 22.8. The molecular formula is C30H31FN4O5. The molecule has 0 radical (unpaired) electrons. The fourth-order valence-corrected chi connectivity index (χ4v) is 6.58. The fourth-order valence-electron chi connectivity index (χ4n) is 6.58. The first kappa shape index (κ1) is 26.1. The summed E-state index contributed by atoms with van der Waals surface area (Å²) in [6, 6.07) is 10.3. The number of aryl methyl sites for hydroxylation is 1. The minimum Gasteiger partial charge on any atom is -0.444 e. The Kier molecular flexibility index (Phi) is 6.02. The molecule has 1 aromatic heterocycles. The van der Waals surface area contributed by atoms with Gasteiger partial charge >= 0.3 is 11.8 Å². The maximum absolute atomic E-state index is 15.2. The maximum atomic E-state index is 15.2. The SMILES string of the molecule is Cn1c(=O)oc2ccc(-c3ccc(C[C@@H](C#N)NC(=O)[C@@H]4[C@@H]5C[C@@H]([C@H]6C[C@@H]56)N4C(=O)OC(C)(C)C)c(F)c3)cc21. The fraction of sp³-hybridized carbons (Fsp3) is 0.467. The predicted molar refractivity (Wildman–Crippen MR) is 143 cm³/mol. The zero-order valence-electron chi connectivity index (χ0n) is 22.8. The van der Waals surface area contributed by atoms with Gasteiger partial charge in [-0.05, 0) is 86.3 Å². The van der Waals surface area contributed by atoms with Gasteiger partial charge in [-0.25, -0.2) is 14.0 Å². The molecule has 0 spiro atoms. The Balaban J connectivity index is 1.17. The van der Waals surface area contributed by atoms with Crippen LogP contribution in [0.5, 0.6) is 0 Å². The van der Waals surface area contributed by atoms with Crippen LogP contribution in [0.1, 0.15) is 39.2 Å².